The van der Waals surface area contributed by atoms with E-state index in [0.717, 1.165) is 44.0 Å². The third-order valence-electron chi connectivity index (χ3n) is 6.41. The van der Waals surface area contributed by atoms with Gasteiger partial charge in [0.15, 0.2) is 11.6 Å². The van der Waals surface area contributed by atoms with Crippen molar-refractivity contribution in [1.29, 1.82) is 0 Å². The zero-order valence-electron chi connectivity index (χ0n) is 20.6. The largest absolute Gasteiger partial charge is 0.494 e. The molecule has 192 valence electrons. The van der Waals surface area contributed by atoms with Gasteiger partial charge in [-0.2, -0.15) is 0 Å². The first kappa shape index (κ1) is 25.9. The van der Waals surface area contributed by atoms with Crippen LogP contribution in [0.1, 0.15) is 30.1 Å². The molecule has 2 atom stereocenters. The number of rotatable bonds is 12. The molecule has 4 rings (SSSR count). The summed E-state index contributed by atoms with van der Waals surface area (Å²) >= 11 is 0. The van der Waals surface area contributed by atoms with Crippen LogP contribution in [0.25, 0.3) is 0 Å². The van der Waals surface area contributed by atoms with E-state index in [4.69, 9.17) is 24.3 Å². The minimum atomic E-state index is -1.17. The van der Waals surface area contributed by atoms with Crippen LogP contribution >= 0.6 is 0 Å². The van der Waals surface area contributed by atoms with Crippen molar-refractivity contribution >= 4 is 11.8 Å². The topological polar surface area (TPSA) is 92.6 Å². The van der Waals surface area contributed by atoms with Gasteiger partial charge in [0.05, 0.1) is 19.8 Å². The van der Waals surface area contributed by atoms with Gasteiger partial charge in [0.2, 0.25) is 5.90 Å². The molecule has 2 aliphatic heterocycles. The van der Waals surface area contributed by atoms with Crippen molar-refractivity contribution in [3.05, 3.63) is 78.4 Å². The molecule has 0 saturated carbocycles. The van der Waals surface area contributed by atoms with E-state index in [1.54, 1.807) is 6.08 Å². The third kappa shape index (κ3) is 6.13. The molecule has 0 radical (unpaired) electrons. The van der Waals surface area contributed by atoms with Crippen molar-refractivity contribution in [1.82, 2.24) is 10.2 Å². The maximum absolute atomic E-state index is 13.7. The molecule has 0 spiro atoms. The molecule has 36 heavy (non-hydrogen) atoms. The highest BCUT2D eigenvalue weighted by Crippen LogP contribution is 2.42. The Balaban J connectivity index is 1.56. The van der Waals surface area contributed by atoms with E-state index in [0.29, 0.717) is 37.6 Å². The van der Waals surface area contributed by atoms with Crippen molar-refractivity contribution in [3.8, 4) is 5.75 Å². The number of amides is 1. The number of aliphatic imine (C=N–C) groups is 1. The molecule has 0 aromatic heterocycles. The van der Waals surface area contributed by atoms with Crippen molar-refractivity contribution < 1.29 is 24.1 Å². The van der Waals surface area contributed by atoms with E-state index in [1.165, 1.54) is 0 Å². The lowest BCUT2D eigenvalue weighted by atomic mass is 9.84. The molecule has 8 heteroatoms. The summed E-state index contributed by atoms with van der Waals surface area (Å²) in [5.41, 5.74) is 0.475. The number of hydrogen-bond acceptors (Lipinski definition) is 7. The summed E-state index contributed by atoms with van der Waals surface area (Å²) in [5.74, 6) is 0.933. The number of nitrogens with zero attached hydrogens (tertiary/aromatic N) is 2. The Bertz CT molecular complexity index is 1020. The average molecular weight is 494 g/mol. The van der Waals surface area contributed by atoms with Gasteiger partial charge in [-0.25, -0.2) is 4.99 Å². The molecular formula is C28H35N3O5. The Morgan fingerprint density at radius 2 is 1.94 bits per heavy atom. The number of morpholine rings is 1. The normalized spacial score (nSPS) is 21.9. The van der Waals surface area contributed by atoms with E-state index >= 15 is 0 Å². The molecule has 2 aromatic carbocycles. The highest BCUT2D eigenvalue weighted by molar-refractivity contribution is 6.01. The summed E-state index contributed by atoms with van der Waals surface area (Å²) in [6, 6.07) is 17.1. The fourth-order valence-electron chi connectivity index (χ4n) is 4.47. The van der Waals surface area contributed by atoms with Gasteiger partial charge in [-0.1, -0.05) is 36.4 Å². The molecule has 2 aromatic rings. The Labute approximate surface area is 212 Å². The summed E-state index contributed by atoms with van der Waals surface area (Å²) in [7, 11) is 0. The molecule has 8 nitrogen and oxygen atoms in total. The molecule has 2 heterocycles. The minimum Gasteiger partial charge on any atom is -0.494 e. The highest BCUT2D eigenvalue weighted by atomic mass is 16.5. The fourth-order valence-corrected chi connectivity index (χ4v) is 4.47. The van der Waals surface area contributed by atoms with Gasteiger partial charge in [-0.3, -0.25) is 9.69 Å². The van der Waals surface area contributed by atoms with Crippen LogP contribution in [-0.4, -0.2) is 80.0 Å². The highest BCUT2D eigenvalue weighted by Gasteiger charge is 2.52. The maximum atomic E-state index is 13.7. The van der Waals surface area contributed by atoms with Crippen LogP contribution in [0.3, 0.4) is 0 Å². The van der Waals surface area contributed by atoms with E-state index in [1.807, 2.05) is 54.6 Å². The number of ether oxygens (including phenoxy) is 3. The van der Waals surface area contributed by atoms with E-state index in [-0.39, 0.29) is 12.5 Å². The van der Waals surface area contributed by atoms with Gasteiger partial charge in [0.1, 0.15) is 5.75 Å². The van der Waals surface area contributed by atoms with Crippen LogP contribution in [0.5, 0.6) is 5.75 Å². The fraction of sp³-hybridized carbons (Fsp3) is 0.429. The zero-order chi connectivity index (χ0) is 25.2. The third-order valence-corrected chi connectivity index (χ3v) is 6.41. The number of carbonyl (C=O) groups is 1. The molecule has 1 saturated heterocycles. The van der Waals surface area contributed by atoms with Gasteiger partial charge < -0.3 is 24.6 Å². The summed E-state index contributed by atoms with van der Waals surface area (Å²) in [4.78, 5) is 20.9. The van der Waals surface area contributed by atoms with Crippen LogP contribution in [0, 0.1) is 0 Å². The average Bonchev–Trinajstić information content (AvgIpc) is 3.31. The molecule has 0 bridgehead atoms. The van der Waals surface area contributed by atoms with Crippen LogP contribution < -0.4 is 10.1 Å². The smallest absolute Gasteiger partial charge is 0.252 e. The maximum Gasteiger partial charge on any atom is 0.252 e. The SMILES string of the molecule is C=CC[C@@]1(C(=O)NCCN2CCOCC2)N=C(c2ccc(OCCCO)cc2)O[C@@H]1c1ccccc1. The first-order valence-corrected chi connectivity index (χ1v) is 12.5. The quantitative estimate of drug-likeness (QED) is 0.349. The van der Waals surface area contributed by atoms with Crippen molar-refractivity contribution in [2.75, 3.05) is 52.6 Å². The molecule has 1 fully saturated rings. The second kappa shape index (κ2) is 12.7. The predicted molar refractivity (Wildman–Crippen MR) is 138 cm³/mol. The molecule has 2 aliphatic rings. The second-order valence-corrected chi connectivity index (χ2v) is 8.90. The molecule has 1 amide bonds. The van der Waals surface area contributed by atoms with Gasteiger partial charge in [-0.15, -0.1) is 6.58 Å². The van der Waals surface area contributed by atoms with Gasteiger partial charge in [-0.05, 0) is 29.8 Å². The number of carbonyl (C=O) groups excluding carboxylic acids is 1. The standard InChI is InChI=1S/C28H35N3O5/c1-2-13-28(27(33)29-14-15-31-16-20-34-21-17-31)25(22-7-4-3-5-8-22)36-26(30-28)23-9-11-24(12-10-23)35-19-6-18-32/h2-5,7-12,25,32H,1,6,13-21H2,(H,29,33)/t25-,28-/m1/s1. The predicted octanol–water partition coefficient (Wildman–Crippen LogP) is 2.73. The van der Waals surface area contributed by atoms with E-state index < -0.39 is 11.6 Å². The summed E-state index contributed by atoms with van der Waals surface area (Å²) < 4.78 is 17.4. The summed E-state index contributed by atoms with van der Waals surface area (Å²) in [6.45, 7) is 8.89. The summed E-state index contributed by atoms with van der Waals surface area (Å²) in [5, 5.41) is 12.1. The number of aliphatic hydroxyl groups excluding tert-OH is 1. The Kier molecular flexibility index (Phi) is 9.11. The Hall–Kier alpha value is -3.20. The lowest BCUT2D eigenvalue weighted by Crippen LogP contribution is -2.50. The lowest BCUT2D eigenvalue weighted by Gasteiger charge is -2.31. The second-order valence-electron chi connectivity index (χ2n) is 8.90. The molecular weight excluding hydrogens is 458 g/mol. The van der Waals surface area contributed by atoms with Crippen LogP contribution in [0.4, 0.5) is 0 Å². The first-order chi connectivity index (χ1) is 17.7. The zero-order valence-corrected chi connectivity index (χ0v) is 20.6. The molecule has 0 unspecified atom stereocenters. The Morgan fingerprint density at radius 3 is 2.64 bits per heavy atom. The number of nitrogens with one attached hydrogen (secondary N) is 1. The first-order valence-electron chi connectivity index (χ1n) is 12.5. The van der Waals surface area contributed by atoms with Gasteiger partial charge >= 0.3 is 0 Å². The molecule has 2 N–H and O–H groups in total. The number of benzene rings is 2. The van der Waals surface area contributed by atoms with E-state index in [2.05, 4.69) is 16.8 Å². The van der Waals surface area contributed by atoms with Crippen molar-refractivity contribution in [2.24, 2.45) is 4.99 Å². The minimum absolute atomic E-state index is 0.0868. The van der Waals surface area contributed by atoms with E-state index in [9.17, 15) is 4.79 Å². The number of hydrogen-bond donors (Lipinski definition) is 2. The van der Waals surface area contributed by atoms with Crippen molar-refractivity contribution in [2.45, 2.75) is 24.5 Å². The lowest BCUT2D eigenvalue weighted by molar-refractivity contribution is -0.128. The monoisotopic (exact) mass is 493 g/mol. The number of aliphatic hydroxyl groups is 1. The summed E-state index contributed by atoms with van der Waals surface area (Å²) in [6.07, 6.45) is 2.05. The van der Waals surface area contributed by atoms with Gasteiger partial charge in [0, 0.05) is 51.2 Å². The molecule has 0 aliphatic carbocycles. The Morgan fingerprint density at radius 1 is 1.19 bits per heavy atom. The van der Waals surface area contributed by atoms with Crippen molar-refractivity contribution in [3.63, 3.8) is 0 Å². The van der Waals surface area contributed by atoms with Crippen LogP contribution in [-0.2, 0) is 14.3 Å². The van der Waals surface area contributed by atoms with Crippen LogP contribution in [0.2, 0.25) is 0 Å². The van der Waals surface area contributed by atoms with Gasteiger partial charge in [0.25, 0.3) is 5.91 Å². The van der Waals surface area contributed by atoms with Crippen LogP contribution in [0.15, 0.2) is 72.2 Å².